The van der Waals surface area contributed by atoms with Gasteiger partial charge in [-0.25, -0.2) is 0 Å². The van der Waals surface area contributed by atoms with Crippen LogP contribution in [0.3, 0.4) is 0 Å². The van der Waals surface area contributed by atoms with Gasteiger partial charge in [-0.15, -0.1) is 0 Å². The first-order valence-electron chi connectivity index (χ1n) is 13.8. The molecule has 41 heavy (non-hydrogen) atoms. The lowest BCUT2D eigenvalue weighted by atomic mass is 10.0. The predicted molar refractivity (Wildman–Crippen MR) is 160 cm³/mol. The highest BCUT2D eigenvalue weighted by atomic mass is 35.5. The molecular formula is C32H33Cl2N3O4. The second kappa shape index (κ2) is 14.3. The van der Waals surface area contributed by atoms with E-state index in [-0.39, 0.29) is 49.6 Å². The zero-order chi connectivity index (χ0) is 29.4. The number of benzene rings is 3. The first-order valence-corrected chi connectivity index (χ1v) is 14.6. The lowest BCUT2D eigenvalue weighted by molar-refractivity contribution is -0.141. The van der Waals surface area contributed by atoms with Gasteiger partial charge in [0.05, 0.1) is 21.2 Å². The SMILES string of the molecule is CCCCNC(=O)[C@@H](Cc1ccccc1)N(Cc1ccc(Cl)c(Cl)c1)C(=O)CCCN1C(=O)c2ccccc2C1=O. The lowest BCUT2D eigenvalue weighted by Crippen LogP contribution is -2.50. The summed E-state index contributed by atoms with van der Waals surface area (Å²) in [5.74, 6) is -1.22. The second-order valence-corrected chi connectivity index (χ2v) is 10.8. The molecule has 3 aromatic rings. The van der Waals surface area contributed by atoms with Crippen molar-refractivity contribution in [2.75, 3.05) is 13.1 Å². The fourth-order valence-electron chi connectivity index (χ4n) is 4.87. The number of amides is 4. The van der Waals surface area contributed by atoms with E-state index in [0.29, 0.717) is 34.1 Å². The van der Waals surface area contributed by atoms with Gasteiger partial charge in [-0.3, -0.25) is 24.1 Å². The van der Waals surface area contributed by atoms with Crippen LogP contribution in [-0.2, 0) is 22.6 Å². The van der Waals surface area contributed by atoms with Crippen LogP contribution in [0.15, 0.2) is 72.8 Å². The molecule has 1 N–H and O–H groups in total. The third kappa shape index (κ3) is 7.54. The first-order chi connectivity index (χ1) is 19.8. The Bertz CT molecular complexity index is 1380. The van der Waals surface area contributed by atoms with Gasteiger partial charge in [0.2, 0.25) is 11.8 Å². The van der Waals surface area contributed by atoms with Crippen molar-refractivity contribution in [1.82, 2.24) is 15.1 Å². The summed E-state index contributed by atoms with van der Waals surface area (Å²) >= 11 is 12.4. The molecule has 0 aliphatic carbocycles. The molecule has 7 nitrogen and oxygen atoms in total. The number of carbonyl (C=O) groups is 4. The van der Waals surface area contributed by atoms with Gasteiger partial charge in [0.1, 0.15) is 6.04 Å². The topological polar surface area (TPSA) is 86.8 Å². The summed E-state index contributed by atoms with van der Waals surface area (Å²) in [6.45, 7) is 2.80. The summed E-state index contributed by atoms with van der Waals surface area (Å²) in [5.41, 5.74) is 2.39. The van der Waals surface area contributed by atoms with E-state index in [4.69, 9.17) is 23.2 Å². The lowest BCUT2D eigenvalue weighted by Gasteiger charge is -2.32. The highest BCUT2D eigenvalue weighted by molar-refractivity contribution is 6.42. The van der Waals surface area contributed by atoms with Crippen LogP contribution in [0.1, 0.15) is 64.4 Å². The molecule has 0 radical (unpaired) electrons. The summed E-state index contributed by atoms with van der Waals surface area (Å²) in [6.07, 6.45) is 2.38. The van der Waals surface area contributed by atoms with E-state index in [2.05, 4.69) is 5.32 Å². The summed E-state index contributed by atoms with van der Waals surface area (Å²) in [5, 5.41) is 3.74. The zero-order valence-corrected chi connectivity index (χ0v) is 24.5. The molecule has 214 valence electrons. The average molecular weight is 595 g/mol. The fourth-order valence-corrected chi connectivity index (χ4v) is 5.19. The number of nitrogens with zero attached hydrogens (tertiary/aromatic N) is 2. The van der Waals surface area contributed by atoms with Gasteiger partial charge < -0.3 is 10.2 Å². The molecule has 0 aromatic heterocycles. The van der Waals surface area contributed by atoms with Crippen molar-refractivity contribution in [3.05, 3.63) is 105 Å². The van der Waals surface area contributed by atoms with Crippen molar-refractivity contribution in [2.45, 2.75) is 51.6 Å². The maximum Gasteiger partial charge on any atom is 0.261 e. The van der Waals surface area contributed by atoms with Crippen LogP contribution in [0.25, 0.3) is 0 Å². The van der Waals surface area contributed by atoms with Crippen LogP contribution in [-0.4, -0.2) is 52.6 Å². The monoisotopic (exact) mass is 593 g/mol. The molecule has 0 saturated carbocycles. The molecule has 4 rings (SSSR count). The Morgan fingerprint density at radius 2 is 1.51 bits per heavy atom. The van der Waals surface area contributed by atoms with Crippen molar-refractivity contribution in [3.8, 4) is 0 Å². The van der Waals surface area contributed by atoms with Gasteiger partial charge >= 0.3 is 0 Å². The summed E-state index contributed by atoms with van der Waals surface area (Å²) < 4.78 is 0. The number of carbonyl (C=O) groups excluding carboxylic acids is 4. The Hall–Kier alpha value is -3.68. The van der Waals surface area contributed by atoms with Crippen molar-refractivity contribution in [2.24, 2.45) is 0 Å². The third-order valence-electron chi connectivity index (χ3n) is 7.09. The molecule has 1 atom stereocenters. The summed E-state index contributed by atoms with van der Waals surface area (Å²) in [7, 11) is 0. The van der Waals surface area contributed by atoms with Gasteiger partial charge in [-0.1, -0.05) is 85.1 Å². The molecule has 0 spiro atoms. The summed E-state index contributed by atoms with van der Waals surface area (Å²) in [6, 6.07) is 20.6. The molecule has 1 aliphatic rings. The van der Waals surface area contributed by atoms with E-state index in [1.54, 1.807) is 47.4 Å². The Labute approximate surface area is 250 Å². The molecule has 0 saturated heterocycles. The molecule has 0 unspecified atom stereocenters. The van der Waals surface area contributed by atoms with E-state index in [0.717, 1.165) is 24.0 Å². The third-order valence-corrected chi connectivity index (χ3v) is 7.83. The molecular weight excluding hydrogens is 561 g/mol. The second-order valence-electron chi connectivity index (χ2n) is 10.0. The Morgan fingerprint density at radius 1 is 0.854 bits per heavy atom. The Kier molecular flexibility index (Phi) is 10.6. The van der Waals surface area contributed by atoms with E-state index in [1.165, 1.54) is 4.90 Å². The van der Waals surface area contributed by atoms with E-state index >= 15 is 0 Å². The number of halogens is 2. The number of imide groups is 1. The van der Waals surface area contributed by atoms with Gasteiger partial charge in [-0.05, 0) is 48.2 Å². The number of nitrogens with one attached hydrogen (secondary N) is 1. The maximum atomic E-state index is 13.8. The smallest absolute Gasteiger partial charge is 0.261 e. The Balaban J connectivity index is 1.55. The van der Waals surface area contributed by atoms with Crippen LogP contribution in [0.5, 0.6) is 0 Å². The van der Waals surface area contributed by atoms with E-state index in [9.17, 15) is 19.2 Å². The highest BCUT2D eigenvalue weighted by Gasteiger charge is 2.35. The van der Waals surface area contributed by atoms with E-state index < -0.39 is 6.04 Å². The number of hydrogen-bond donors (Lipinski definition) is 1. The van der Waals surface area contributed by atoms with Crippen LogP contribution >= 0.6 is 23.2 Å². The molecule has 1 aliphatic heterocycles. The molecule has 1 heterocycles. The predicted octanol–water partition coefficient (Wildman–Crippen LogP) is 5.93. The van der Waals surface area contributed by atoms with Gasteiger partial charge in [-0.2, -0.15) is 0 Å². The van der Waals surface area contributed by atoms with Crippen molar-refractivity contribution in [1.29, 1.82) is 0 Å². The van der Waals surface area contributed by atoms with Crippen LogP contribution < -0.4 is 5.32 Å². The maximum absolute atomic E-state index is 13.8. The fraction of sp³-hybridized carbons (Fsp3) is 0.312. The minimum absolute atomic E-state index is 0.0439. The number of rotatable bonds is 13. The minimum Gasteiger partial charge on any atom is -0.354 e. The molecule has 4 amide bonds. The van der Waals surface area contributed by atoms with Crippen LogP contribution in [0, 0.1) is 0 Å². The number of hydrogen-bond acceptors (Lipinski definition) is 4. The van der Waals surface area contributed by atoms with Gasteiger partial charge in [0.15, 0.2) is 0 Å². The van der Waals surface area contributed by atoms with Crippen LogP contribution in [0.4, 0.5) is 0 Å². The highest BCUT2D eigenvalue weighted by Crippen LogP contribution is 2.26. The quantitative estimate of drug-likeness (QED) is 0.197. The normalized spacial score (nSPS) is 13.2. The van der Waals surface area contributed by atoms with Crippen molar-refractivity contribution >= 4 is 46.8 Å². The average Bonchev–Trinajstić information content (AvgIpc) is 3.22. The first kappa shape index (κ1) is 30.3. The standard InChI is InChI=1S/C32H33Cl2N3O4/c1-2-3-17-35-30(39)28(20-22-10-5-4-6-11-22)37(21-23-15-16-26(33)27(34)19-23)29(38)14-9-18-36-31(40)24-12-7-8-13-25(24)32(36)41/h4-8,10-13,15-16,19,28H,2-3,9,14,17-18,20-21H2,1H3,(H,35,39)/t28-/m1/s1. The van der Waals surface area contributed by atoms with Gasteiger partial charge in [0, 0.05) is 32.5 Å². The number of unbranched alkanes of at least 4 members (excludes halogenated alkanes) is 1. The van der Waals surface area contributed by atoms with Crippen molar-refractivity contribution in [3.63, 3.8) is 0 Å². The van der Waals surface area contributed by atoms with E-state index in [1.807, 2.05) is 37.3 Å². The van der Waals surface area contributed by atoms with Crippen LogP contribution in [0.2, 0.25) is 10.0 Å². The number of fused-ring (bicyclic) bond motifs is 1. The summed E-state index contributed by atoms with van der Waals surface area (Å²) in [4.78, 5) is 55.6. The minimum atomic E-state index is -0.782. The molecule has 0 bridgehead atoms. The Morgan fingerprint density at radius 3 is 2.15 bits per heavy atom. The molecule has 9 heteroatoms. The molecule has 0 fully saturated rings. The van der Waals surface area contributed by atoms with Crippen molar-refractivity contribution < 1.29 is 19.2 Å². The zero-order valence-electron chi connectivity index (χ0n) is 22.9. The van der Waals surface area contributed by atoms with Gasteiger partial charge in [0.25, 0.3) is 11.8 Å². The largest absolute Gasteiger partial charge is 0.354 e. The molecule has 3 aromatic carbocycles.